The number of benzene rings is 1. The lowest BCUT2D eigenvalue weighted by Gasteiger charge is -2.33. The Kier molecular flexibility index (Phi) is 5.22. The van der Waals surface area contributed by atoms with E-state index in [2.05, 4.69) is 45.7 Å². The minimum absolute atomic E-state index is 0.0340. The van der Waals surface area contributed by atoms with Crippen LogP contribution in [0.5, 0.6) is 5.75 Å². The van der Waals surface area contributed by atoms with Crippen molar-refractivity contribution in [1.82, 2.24) is 19.9 Å². The normalized spacial score (nSPS) is 19.6. The molecule has 0 bridgehead atoms. The van der Waals surface area contributed by atoms with E-state index in [1.807, 2.05) is 6.07 Å². The molecule has 7 nitrogen and oxygen atoms in total. The van der Waals surface area contributed by atoms with Crippen molar-refractivity contribution in [3.05, 3.63) is 51.1 Å². The Morgan fingerprint density at radius 1 is 1.26 bits per heavy atom. The molecule has 31 heavy (non-hydrogen) atoms. The molecule has 4 heterocycles. The lowest BCUT2D eigenvalue weighted by Crippen LogP contribution is -2.39. The monoisotopic (exact) mass is 421 g/mol. The van der Waals surface area contributed by atoms with Gasteiger partial charge < -0.3 is 14.6 Å². The molecular weight excluding hydrogens is 390 g/mol. The Labute approximate surface area is 182 Å². The number of hydrogen-bond acceptors (Lipinski definition) is 5. The van der Waals surface area contributed by atoms with E-state index < -0.39 is 0 Å². The molecule has 1 aromatic carbocycles. The molecule has 7 heteroatoms. The van der Waals surface area contributed by atoms with Crippen molar-refractivity contribution in [3.63, 3.8) is 0 Å². The van der Waals surface area contributed by atoms with Crippen LogP contribution in [0.2, 0.25) is 0 Å². The molecule has 0 amide bonds. The first-order valence-corrected chi connectivity index (χ1v) is 11.3. The second-order valence-electron chi connectivity index (χ2n) is 9.11. The minimum Gasteiger partial charge on any atom is -0.497 e. The fourth-order valence-corrected chi connectivity index (χ4v) is 5.02. The number of nitrogens with zero attached hydrogens (tertiary/aromatic N) is 3. The number of piperidine rings is 1. The van der Waals surface area contributed by atoms with Gasteiger partial charge in [0, 0.05) is 54.9 Å². The van der Waals surface area contributed by atoms with Crippen molar-refractivity contribution in [2.45, 2.75) is 46.2 Å². The molecule has 2 N–H and O–H groups in total. The summed E-state index contributed by atoms with van der Waals surface area (Å²) >= 11 is 0. The van der Waals surface area contributed by atoms with Crippen LogP contribution < -0.4 is 15.2 Å². The topological polar surface area (TPSA) is 77.2 Å². The number of aryl methyl sites for hydroxylation is 1. The van der Waals surface area contributed by atoms with Crippen molar-refractivity contribution in [2.75, 3.05) is 31.6 Å². The van der Waals surface area contributed by atoms with E-state index >= 15 is 0 Å². The molecule has 2 aromatic heterocycles. The molecule has 1 saturated heterocycles. The molecular formula is C24H31N5O2. The number of rotatable bonds is 4. The molecule has 164 valence electrons. The fourth-order valence-electron chi connectivity index (χ4n) is 5.02. The third-order valence-corrected chi connectivity index (χ3v) is 6.85. The van der Waals surface area contributed by atoms with Gasteiger partial charge in [-0.05, 0) is 55.9 Å². The van der Waals surface area contributed by atoms with Crippen LogP contribution in [0.25, 0.3) is 10.9 Å². The summed E-state index contributed by atoms with van der Waals surface area (Å²) in [5.41, 5.74) is 5.40. The van der Waals surface area contributed by atoms with E-state index in [4.69, 9.17) is 9.72 Å². The Bertz CT molecular complexity index is 1160. The summed E-state index contributed by atoms with van der Waals surface area (Å²) in [6, 6.07) is 6.14. The Morgan fingerprint density at radius 2 is 2.13 bits per heavy atom. The van der Waals surface area contributed by atoms with Gasteiger partial charge in [-0.15, -0.1) is 0 Å². The van der Waals surface area contributed by atoms with Crippen LogP contribution in [0.3, 0.4) is 0 Å². The van der Waals surface area contributed by atoms with Crippen LogP contribution in [0.1, 0.15) is 42.3 Å². The summed E-state index contributed by atoms with van der Waals surface area (Å²) in [5.74, 6) is 2.25. The van der Waals surface area contributed by atoms with Gasteiger partial charge in [-0.1, -0.05) is 6.92 Å². The number of nitrogens with one attached hydrogen (secondary N) is 2. The Hall–Kier alpha value is -2.80. The smallest absolute Gasteiger partial charge is 0.255 e. The molecule has 5 rings (SSSR count). The summed E-state index contributed by atoms with van der Waals surface area (Å²) in [6.07, 6.45) is 3.13. The highest BCUT2D eigenvalue weighted by Crippen LogP contribution is 2.28. The first-order valence-electron chi connectivity index (χ1n) is 11.3. The predicted octanol–water partition coefficient (Wildman–Crippen LogP) is 3.36. The maximum absolute atomic E-state index is 12.7. The second kappa shape index (κ2) is 8.04. The number of anilines is 1. The first kappa shape index (κ1) is 20.1. The van der Waals surface area contributed by atoms with Crippen molar-refractivity contribution in [2.24, 2.45) is 5.92 Å². The summed E-state index contributed by atoms with van der Waals surface area (Å²) in [4.78, 5) is 28.9. The Morgan fingerprint density at radius 3 is 2.94 bits per heavy atom. The number of aromatic nitrogens is 3. The van der Waals surface area contributed by atoms with E-state index in [9.17, 15) is 4.79 Å². The number of H-pyrrole nitrogens is 2. The van der Waals surface area contributed by atoms with Gasteiger partial charge in [0.1, 0.15) is 5.75 Å². The van der Waals surface area contributed by atoms with Gasteiger partial charge in [0.05, 0.1) is 12.8 Å². The van der Waals surface area contributed by atoms with E-state index in [1.54, 1.807) is 7.11 Å². The highest BCUT2D eigenvalue weighted by atomic mass is 16.5. The number of aromatic amines is 2. The molecule has 1 fully saturated rings. The zero-order valence-corrected chi connectivity index (χ0v) is 18.6. The van der Waals surface area contributed by atoms with Gasteiger partial charge in [-0.25, -0.2) is 4.98 Å². The van der Waals surface area contributed by atoms with Crippen molar-refractivity contribution >= 4 is 16.9 Å². The SMILES string of the molecule is COc1ccc2[nH]c(CN3CCc4c(nc(N5CCC[C@@H](C)C5)[nH]c4=O)C3)c(C)c2c1. The molecule has 3 aromatic rings. The van der Waals surface area contributed by atoms with E-state index in [1.165, 1.54) is 23.1 Å². The van der Waals surface area contributed by atoms with Gasteiger partial charge in [-0.3, -0.25) is 14.7 Å². The summed E-state index contributed by atoms with van der Waals surface area (Å²) in [6.45, 7) is 8.72. The van der Waals surface area contributed by atoms with E-state index in [0.29, 0.717) is 12.5 Å². The van der Waals surface area contributed by atoms with Gasteiger partial charge in [0.25, 0.3) is 5.56 Å². The van der Waals surface area contributed by atoms with Gasteiger partial charge in [-0.2, -0.15) is 0 Å². The molecule has 0 unspecified atom stereocenters. The van der Waals surface area contributed by atoms with Gasteiger partial charge >= 0.3 is 0 Å². The molecule has 0 spiro atoms. The predicted molar refractivity (Wildman–Crippen MR) is 123 cm³/mol. The molecule has 2 aliphatic rings. The summed E-state index contributed by atoms with van der Waals surface area (Å²) in [7, 11) is 1.70. The molecule has 0 saturated carbocycles. The van der Waals surface area contributed by atoms with E-state index in [0.717, 1.165) is 67.5 Å². The zero-order chi connectivity index (χ0) is 21.5. The minimum atomic E-state index is 0.0340. The second-order valence-corrected chi connectivity index (χ2v) is 9.11. The van der Waals surface area contributed by atoms with E-state index in [-0.39, 0.29) is 5.56 Å². The molecule has 1 atom stereocenters. The van der Waals surface area contributed by atoms with Crippen molar-refractivity contribution in [3.8, 4) is 5.75 Å². The maximum atomic E-state index is 12.7. The number of hydrogen-bond donors (Lipinski definition) is 2. The quantitative estimate of drug-likeness (QED) is 0.676. The zero-order valence-electron chi connectivity index (χ0n) is 18.6. The number of fused-ring (bicyclic) bond motifs is 2. The van der Waals surface area contributed by atoms with Crippen LogP contribution in [-0.2, 0) is 19.5 Å². The highest BCUT2D eigenvalue weighted by Gasteiger charge is 2.25. The standard InChI is InChI=1S/C24H31N5O2/c1-15-5-4-9-29(12-15)24-26-22-14-28(10-8-18(22)23(30)27-24)13-21-16(2)19-11-17(31-3)6-7-20(19)25-21/h6-7,11,15,25H,4-5,8-10,12-14H2,1-3H3,(H,26,27,30)/t15-/m1/s1. The lowest BCUT2D eigenvalue weighted by molar-refractivity contribution is 0.237. The average molecular weight is 422 g/mol. The molecule has 0 radical (unpaired) electrons. The van der Waals surface area contributed by atoms with Crippen LogP contribution in [0.4, 0.5) is 5.95 Å². The lowest BCUT2D eigenvalue weighted by atomic mass is 10.0. The molecule has 2 aliphatic heterocycles. The first-order chi connectivity index (χ1) is 15.0. The van der Waals surface area contributed by atoms with Gasteiger partial charge in [0.15, 0.2) is 0 Å². The van der Waals surface area contributed by atoms with Crippen LogP contribution in [0.15, 0.2) is 23.0 Å². The summed E-state index contributed by atoms with van der Waals surface area (Å²) in [5, 5.41) is 1.20. The number of ether oxygens (including phenoxy) is 1. The fraction of sp³-hybridized carbons (Fsp3) is 0.500. The largest absolute Gasteiger partial charge is 0.497 e. The van der Waals surface area contributed by atoms with Crippen molar-refractivity contribution in [1.29, 1.82) is 0 Å². The Balaban J connectivity index is 1.38. The van der Waals surface area contributed by atoms with Crippen molar-refractivity contribution < 1.29 is 4.74 Å². The maximum Gasteiger partial charge on any atom is 0.255 e. The van der Waals surface area contributed by atoms with Gasteiger partial charge in [0.2, 0.25) is 5.95 Å². The molecule has 0 aliphatic carbocycles. The van der Waals surface area contributed by atoms with Crippen LogP contribution >= 0.6 is 0 Å². The van der Waals surface area contributed by atoms with Crippen LogP contribution in [-0.4, -0.2) is 46.6 Å². The highest BCUT2D eigenvalue weighted by molar-refractivity contribution is 5.85. The van der Waals surface area contributed by atoms with Crippen LogP contribution in [0, 0.1) is 12.8 Å². The third-order valence-electron chi connectivity index (χ3n) is 6.85. The third kappa shape index (κ3) is 3.82. The average Bonchev–Trinajstić information content (AvgIpc) is 3.08. The summed E-state index contributed by atoms with van der Waals surface area (Å²) < 4.78 is 5.39. The number of methoxy groups -OCH3 is 1.